The molecule has 1 aromatic rings. The molecule has 0 saturated heterocycles. The lowest BCUT2D eigenvalue weighted by atomic mass is 10.2. The Bertz CT molecular complexity index is 488. The third-order valence-electron chi connectivity index (χ3n) is 2.18. The molecular formula is C11H16N6. The van der Waals surface area contributed by atoms with Crippen LogP contribution < -0.4 is 22.1 Å². The standard InChI is InChI=1S/C11H16N6/c1-11(2)16-9(13)15-10(17-11)14-8-5-3-4-7(12)6-8/h3-6H,12H2,1-2H3,(H4,13,14,15,16,17). The smallest absolute Gasteiger partial charge is 0.205 e. The molecular weight excluding hydrogens is 216 g/mol. The zero-order chi connectivity index (χ0) is 12.5. The molecule has 6 nitrogen and oxygen atoms in total. The summed E-state index contributed by atoms with van der Waals surface area (Å²) in [5.41, 5.74) is 12.4. The van der Waals surface area contributed by atoms with Gasteiger partial charge in [-0.3, -0.25) is 5.32 Å². The molecule has 1 aromatic carbocycles. The van der Waals surface area contributed by atoms with Crippen molar-refractivity contribution in [3.05, 3.63) is 24.3 Å². The van der Waals surface area contributed by atoms with Gasteiger partial charge in [0.05, 0.1) is 0 Å². The second-order valence-electron chi connectivity index (χ2n) is 4.33. The summed E-state index contributed by atoms with van der Waals surface area (Å²) in [7, 11) is 0. The van der Waals surface area contributed by atoms with E-state index in [1.54, 1.807) is 0 Å². The van der Waals surface area contributed by atoms with Gasteiger partial charge in [0.25, 0.3) is 0 Å². The maximum atomic E-state index is 5.70. The van der Waals surface area contributed by atoms with E-state index in [0.29, 0.717) is 17.6 Å². The van der Waals surface area contributed by atoms with Gasteiger partial charge in [0.2, 0.25) is 5.96 Å². The zero-order valence-corrected chi connectivity index (χ0v) is 9.86. The number of guanidine groups is 2. The minimum absolute atomic E-state index is 0.344. The Labute approximate surface area is 99.8 Å². The van der Waals surface area contributed by atoms with Crippen LogP contribution in [0.3, 0.4) is 0 Å². The molecule has 0 unspecified atom stereocenters. The van der Waals surface area contributed by atoms with Crippen molar-refractivity contribution >= 4 is 23.3 Å². The largest absolute Gasteiger partial charge is 0.399 e. The summed E-state index contributed by atoms with van der Waals surface area (Å²) in [5, 5.41) is 5.97. The van der Waals surface area contributed by atoms with Crippen LogP contribution in [0.1, 0.15) is 13.8 Å². The summed E-state index contributed by atoms with van der Waals surface area (Å²) < 4.78 is 0. The Hall–Kier alpha value is -2.24. The first-order valence-corrected chi connectivity index (χ1v) is 5.29. The second-order valence-corrected chi connectivity index (χ2v) is 4.33. The van der Waals surface area contributed by atoms with Crippen molar-refractivity contribution < 1.29 is 0 Å². The predicted molar refractivity (Wildman–Crippen MR) is 70.7 cm³/mol. The Morgan fingerprint density at radius 3 is 2.65 bits per heavy atom. The third kappa shape index (κ3) is 2.87. The maximum Gasteiger partial charge on any atom is 0.205 e. The first-order valence-electron chi connectivity index (χ1n) is 5.29. The zero-order valence-electron chi connectivity index (χ0n) is 9.86. The van der Waals surface area contributed by atoms with Crippen LogP contribution in [0.15, 0.2) is 34.3 Å². The van der Waals surface area contributed by atoms with Crippen molar-refractivity contribution in [3.8, 4) is 0 Å². The Morgan fingerprint density at radius 1 is 1.24 bits per heavy atom. The summed E-state index contributed by atoms with van der Waals surface area (Å²) >= 11 is 0. The minimum atomic E-state index is -0.558. The van der Waals surface area contributed by atoms with E-state index in [1.807, 2.05) is 38.1 Å². The molecule has 1 aliphatic rings. The van der Waals surface area contributed by atoms with Gasteiger partial charge in [-0.2, -0.15) is 0 Å². The number of nitrogen functional groups attached to an aromatic ring is 1. The lowest BCUT2D eigenvalue weighted by Crippen LogP contribution is -2.47. The summed E-state index contributed by atoms with van der Waals surface area (Å²) in [6.07, 6.45) is 0. The fourth-order valence-electron chi connectivity index (χ4n) is 1.58. The number of nitrogens with two attached hydrogens (primary N) is 2. The van der Waals surface area contributed by atoms with Crippen LogP contribution in [0.5, 0.6) is 0 Å². The van der Waals surface area contributed by atoms with Crippen molar-refractivity contribution in [2.45, 2.75) is 19.5 Å². The lowest BCUT2D eigenvalue weighted by Gasteiger charge is -2.24. The Kier molecular flexibility index (Phi) is 2.63. The van der Waals surface area contributed by atoms with Crippen molar-refractivity contribution in [1.29, 1.82) is 0 Å². The molecule has 0 radical (unpaired) electrons. The molecule has 0 aliphatic carbocycles. The van der Waals surface area contributed by atoms with Crippen LogP contribution in [0, 0.1) is 0 Å². The lowest BCUT2D eigenvalue weighted by molar-refractivity contribution is 0.541. The molecule has 0 atom stereocenters. The number of hydrogen-bond acceptors (Lipinski definition) is 6. The number of nitrogens with zero attached hydrogens (tertiary/aromatic N) is 2. The van der Waals surface area contributed by atoms with Gasteiger partial charge in [-0.25, -0.2) is 9.98 Å². The Balaban J connectivity index is 2.18. The SMILES string of the molecule is CC1(C)N=C(N)NC(Nc2cccc(N)c2)=N1. The number of aliphatic imine (C=N–C) groups is 2. The average molecular weight is 232 g/mol. The maximum absolute atomic E-state index is 5.70. The molecule has 2 rings (SSSR count). The molecule has 6 heteroatoms. The molecule has 6 N–H and O–H groups in total. The molecule has 0 spiro atoms. The molecule has 0 bridgehead atoms. The topological polar surface area (TPSA) is 101 Å². The van der Waals surface area contributed by atoms with Gasteiger partial charge in [0.1, 0.15) is 0 Å². The highest BCUT2D eigenvalue weighted by Crippen LogP contribution is 2.16. The summed E-state index contributed by atoms with van der Waals surface area (Å²) in [5.74, 6) is 0.907. The molecule has 17 heavy (non-hydrogen) atoms. The van der Waals surface area contributed by atoms with Gasteiger partial charge in [-0.15, -0.1) is 0 Å². The van der Waals surface area contributed by atoms with E-state index in [4.69, 9.17) is 11.5 Å². The third-order valence-corrected chi connectivity index (χ3v) is 2.18. The van der Waals surface area contributed by atoms with Gasteiger partial charge in [-0.1, -0.05) is 6.07 Å². The van der Waals surface area contributed by atoms with E-state index in [0.717, 1.165) is 5.69 Å². The van der Waals surface area contributed by atoms with Crippen molar-refractivity contribution in [3.63, 3.8) is 0 Å². The quantitative estimate of drug-likeness (QED) is 0.535. The minimum Gasteiger partial charge on any atom is -0.399 e. The van der Waals surface area contributed by atoms with Gasteiger partial charge in [0, 0.05) is 11.4 Å². The highest BCUT2D eigenvalue weighted by Gasteiger charge is 2.21. The summed E-state index contributed by atoms with van der Waals surface area (Å²) in [6.45, 7) is 3.75. The number of hydrogen-bond donors (Lipinski definition) is 4. The van der Waals surface area contributed by atoms with Crippen LogP contribution in [-0.4, -0.2) is 17.6 Å². The molecule has 0 fully saturated rings. The van der Waals surface area contributed by atoms with Crippen molar-refractivity contribution in [1.82, 2.24) is 5.32 Å². The predicted octanol–water partition coefficient (Wildman–Crippen LogP) is 0.691. The van der Waals surface area contributed by atoms with E-state index in [1.165, 1.54) is 0 Å². The van der Waals surface area contributed by atoms with Crippen molar-refractivity contribution in [2.24, 2.45) is 15.7 Å². The highest BCUT2D eigenvalue weighted by atomic mass is 15.3. The van der Waals surface area contributed by atoms with E-state index in [-0.39, 0.29) is 0 Å². The monoisotopic (exact) mass is 232 g/mol. The molecule has 0 saturated carbocycles. The van der Waals surface area contributed by atoms with Gasteiger partial charge < -0.3 is 16.8 Å². The van der Waals surface area contributed by atoms with Gasteiger partial charge in [0.15, 0.2) is 11.6 Å². The van der Waals surface area contributed by atoms with Gasteiger partial charge in [-0.05, 0) is 32.0 Å². The van der Waals surface area contributed by atoms with E-state index in [9.17, 15) is 0 Å². The van der Waals surface area contributed by atoms with Crippen LogP contribution in [0.2, 0.25) is 0 Å². The first-order chi connectivity index (χ1) is 7.94. The molecule has 90 valence electrons. The van der Waals surface area contributed by atoms with E-state index >= 15 is 0 Å². The summed E-state index contributed by atoms with van der Waals surface area (Å²) in [6, 6.07) is 7.40. The number of rotatable bonds is 1. The average Bonchev–Trinajstić information content (AvgIpc) is 2.13. The molecule has 0 amide bonds. The van der Waals surface area contributed by atoms with Crippen LogP contribution in [0.25, 0.3) is 0 Å². The number of anilines is 2. The first kappa shape index (κ1) is 11.3. The Morgan fingerprint density at radius 2 is 2.00 bits per heavy atom. The van der Waals surface area contributed by atoms with E-state index in [2.05, 4.69) is 20.6 Å². The van der Waals surface area contributed by atoms with E-state index < -0.39 is 5.66 Å². The second kappa shape index (κ2) is 3.97. The normalized spacial score (nSPS) is 17.8. The van der Waals surface area contributed by atoms with Crippen LogP contribution in [0.4, 0.5) is 11.4 Å². The van der Waals surface area contributed by atoms with Crippen LogP contribution >= 0.6 is 0 Å². The number of nitrogens with one attached hydrogen (secondary N) is 2. The molecule has 1 aliphatic heterocycles. The fraction of sp³-hybridized carbons (Fsp3) is 0.273. The molecule has 0 aromatic heterocycles. The molecule has 1 heterocycles. The summed E-state index contributed by atoms with van der Waals surface area (Å²) in [4.78, 5) is 8.53. The highest BCUT2D eigenvalue weighted by molar-refractivity contribution is 6.06. The number of benzene rings is 1. The van der Waals surface area contributed by atoms with Gasteiger partial charge >= 0.3 is 0 Å². The van der Waals surface area contributed by atoms with Crippen LogP contribution in [-0.2, 0) is 0 Å². The fourth-order valence-corrected chi connectivity index (χ4v) is 1.58. The van der Waals surface area contributed by atoms with Crippen molar-refractivity contribution in [2.75, 3.05) is 11.1 Å².